The van der Waals surface area contributed by atoms with Gasteiger partial charge < -0.3 is 9.64 Å². The zero-order valence-corrected chi connectivity index (χ0v) is 21.5. The van der Waals surface area contributed by atoms with Crippen LogP contribution in [0.25, 0.3) is 6.08 Å². The Morgan fingerprint density at radius 3 is 2.59 bits per heavy atom. The first-order chi connectivity index (χ1) is 15.3. The molecule has 2 aromatic carbocycles. The van der Waals surface area contributed by atoms with Crippen molar-refractivity contribution in [1.82, 2.24) is 9.80 Å². The number of amides is 1. The molecule has 32 heavy (non-hydrogen) atoms. The lowest BCUT2D eigenvalue weighted by Crippen LogP contribution is -2.41. The summed E-state index contributed by atoms with van der Waals surface area (Å²) in [5.41, 5.74) is 2.33. The Hall–Kier alpha value is -1.60. The van der Waals surface area contributed by atoms with E-state index >= 15 is 0 Å². The molecule has 4 rings (SSSR count). The summed E-state index contributed by atoms with van der Waals surface area (Å²) < 4.78 is 6.71. The first kappa shape index (κ1) is 23.6. The maximum absolute atomic E-state index is 13.2. The van der Waals surface area contributed by atoms with Crippen molar-refractivity contribution in [1.29, 1.82) is 0 Å². The first-order valence-corrected chi connectivity index (χ1v) is 12.5. The van der Waals surface area contributed by atoms with E-state index in [2.05, 4.69) is 15.9 Å². The summed E-state index contributed by atoms with van der Waals surface area (Å²) in [5.74, 6) is 0.668. The fourth-order valence-electron chi connectivity index (χ4n) is 4.11. The van der Waals surface area contributed by atoms with Crippen LogP contribution in [-0.2, 0) is 11.4 Å². The Balaban J connectivity index is 1.49. The molecule has 0 bridgehead atoms. The summed E-state index contributed by atoms with van der Waals surface area (Å²) in [4.78, 5) is 16.8. The minimum absolute atomic E-state index is 0.0155. The molecule has 4 nitrogen and oxygen atoms in total. The molecule has 1 saturated heterocycles. The van der Waals surface area contributed by atoms with Crippen LogP contribution in [-0.4, -0.2) is 33.9 Å². The van der Waals surface area contributed by atoms with Crippen LogP contribution in [0.4, 0.5) is 0 Å². The van der Waals surface area contributed by atoms with E-state index in [1.165, 1.54) is 6.42 Å². The van der Waals surface area contributed by atoms with Crippen LogP contribution in [0.2, 0.25) is 10.0 Å². The average Bonchev–Trinajstić information content (AvgIpc) is 2.98. The van der Waals surface area contributed by atoms with E-state index in [4.69, 9.17) is 40.2 Å². The highest BCUT2D eigenvalue weighted by Crippen LogP contribution is 2.33. The van der Waals surface area contributed by atoms with Gasteiger partial charge in [0.1, 0.15) is 18.1 Å². The van der Waals surface area contributed by atoms with Gasteiger partial charge in [0.25, 0.3) is 5.91 Å². The number of hydrogen-bond donors (Lipinski definition) is 0. The SMILES string of the molecule is CN1C(=S)N(C2CCCCC2)C(=O)/C1=C/c1ccc(OCc2ccc(Cl)cc2Cl)c(Br)c1. The number of likely N-dealkylation sites (N-methyl/N-ethyl adjacent to an activating group) is 1. The predicted molar refractivity (Wildman–Crippen MR) is 137 cm³/mol. The number of thiocarbonyl (C=S) groups is 1. The molecule has 0 N–H and O–H groups in total. The number of halogens is 3. The van der Waals surface area contributed by atoms with Gasteiger partial charge in [0, 0.05) is 28.7 Å². The highest BCUT2D eigenvalue weighted by Gasteiger charge is 2.40. The molecule has 1 amide bonds. The van der Waals surface area contributed by atoms with Gasteiger partial charge in [0.15, 0.2) is 5.11 Å². The molecule has 0 radical (unpaired) electrons. The third-order valence-electron chi connectivity index (χ3n) is 5.89. The van der Waals surface area contributed by atoms with Crippen molar-refractivity contribution in [2.24, 2.45) is 0 Å². The molecule has 2 aliphatic rings. The Morgan fingerprint density at radius 1 is 1.16 bits per heavy atom. The van der Waals surface area contributed by atoms with E-state index in [1.54, 1.807) is 12.1 Å². The summed E-state index contributed by atoms with van der Waals surface area (Å²) in [6, 6.07) is 11.3. The van der Waals surface area contributed by atoms with Gasteiger partial charge in [0.2, 0.25) is 0 Å². The third-order valence-corrected chi connectivity index (χ3v) is 7.57. The Labute approximate surface area is 212 Å². The van der Waals surface area contributed by atoms with Crippen LogP contribution in [0, 0.1) is 0 Å². The molecule has 1 heterocycles. The highest BCUT2D eigenvalue weighted by molar-refractivity contribution is 9.10. The normalized spacial score (nSPS) is 18.7. The molecule has 1 aliphatic heterocycles. The molecule has 0 atom stereocenters. The van der Waals surface area contributed by atoms with Gasteiger partial charge in [-0.1, -0.05) is 54.6 Å². The number of ether oxygens (including phenoxy) is 1. The van der Waals surface area contributed by atoms with Crippen LogP contribution >= 0.6 is 51.3 Å². The molecule has 168 valence electrons. The van der Waals surface area contributed by atoms with E-state index in [-0.39, 0.29) is 11.9 Å². The fraction of sp³-hybridized carbons (Fsp3) is 0.333. The van der Waals surface area contributed by atoms with Crippen molar-refractivity contribution in [2.45, 2.75) is 44.8 Å². The van der Waals surface area contributed by atoms with Crippen molar-refractivity contribution in [3.8, 4) is 5.75 Å². The second-order valence-corrected chi connectivity index (χ2v) is 10.1. The third kappa shape index (κ3) is 4.98. The molecule has 0 spiro atoms. The second kappa shape index (κ2) is 10.1. The van der Waals surface area contributed by atoms with Crippen molar-refractivity contribution in [3.63, 3.8) is 0 Å². The lowest BCUT2D eigenvalue weighted by Gasteiger charge is -2.30. The fourth-order valence-corrected chi connectivity index (χ4v) is 5.42. The number of carbonyl (C=O) groups is 1. The van der Waals surface area contributed by atoms with Gasteiger partial charge >= 0.3 is 0 Å². The van der Waals surface area contributed by atoms with Crippen molar-refractivity contribution in [2.75, 3.05) is 7.05 Å². The van der Waals surface area contributed by atoms with E-state index in [1.807, 2.05) is 47.2 Å². The summed E-state index contributed by atoms with van der Waals surface area (Å²) in [6.07, 6.45) is 7.44. The van der Waals surface area contributed by atoms with Gasteiger partial charge in [0.05, 0.1) is 4.47 Å². The Morgan fingerprint density at radius 2 is 1.91 bits per heavy atom. The molecule has 2 aromatic rings. The summed E-state index contributed by atoms with van der Waals surface area (Å²) in [6.45, 7) is 0.320. The minimum Gasteiger partial charge on any atom is -0.488 e. The van der Waals surface area contributed by atoms with Crippen LogP contribution in [0.1, 0.15) is 43.2 Å². The second-order valence-electron chi connectivity index (χ2n) is 8.05. The van der Waals surface area contributed by atoms with Gasteiger partial charge in [-0.3, -0.25) is 9.69 Å². The summed E-state index contributed by atoms with van der Waals surface area (Å²) in [5, 5.41) is 1.74. The minimum atomic E-state index is -0.0155. The lowest BCUT2D eigenvalue weighted by atomic mass is 9.94. The quantitative estimate of drug-likeness (QED) is 0.293. The molecule has 8 heteroatoms. The van der Waals surface area contributed by atoms with Gasteiger partial charge in [-0.25, -0.2) is 0 Å². The predicted octanol–water partition coefficient (Wildman–Crippen LogP) is 7.07. The Kier molecular flexibility index (Phi) is 7.45. The highest BCUT2D eigenvalue weighted by atomic mass is 79.9. The van der Waals surface area contributed by atoms with Crippen molar-refractivity contribution in [3.05, 3.63) is 67.7 Å². The summed E-state index contributed by atoms with van der Waals surface area (Å²) >= 11 is 21.4. The number of benzene rings is 2. The Bertz CT molecular complexity index is 1090. The van der Waals surface area contributed by atoms with E-state index in [9.17, 15) is 4.79 Å². The molecular weight excluding hydrogens is 531 g/mol. The maximum atomic E-state index is 13.2. The smallest absolute Gasteiger partial charge is 0.277 e. The molecule has 1 aliphatic carbocycles. The van der Waals surface area contributed by atoms with Gasteiger partial charge in [-0.05, 0) is 76.9 Å². The van der Waals surface area contributed by atoms with Crippen LogP contribution in [0.3, 0.4) is 0 Å². The molecule has 0 unspecified atom stereocenters. The lowest BCUT2D eigenvalue weighted by molar-refractivity contribution is -0.124. The standard InChI is InChI=1S/C24H23BrCl2N2O2S/c1-28-21(23(30)29(24(28)32)18-5-3-2-4-6-18)12-15-7-10-22(19(25)11-15)31-14-16-8-9-17(26)13-20(16)27/h7-13,18H,2-6,14H2,1H3/b21-12-. The zero-order chi connectivity index (χ0) is 22.8. The topological polar surface area (TPSA) is 32.8 Å². The number of rotatable bonds is 5. The number of hydrogen-bond acceptors (Lipinski definition) is 3. The zero-order valence-electron chi connectivity index (χ0n) is 17.6. The number of nitrogens with zero attached hydrogens (tertiary/aromatic N) is 2. The first-order valence-electron chi connectivity index (χ1n) is 10.5. The van der Waals surface area contributed by atoms with E-state index in [0.717, 1.165) is 41.3 Å². The maximum Gasteiger partial charge on any atom is 0.277 e. The monoisotopic (exact) mass is 552 g/mol. The molecule has 1 saturated carbocycles. The van der Waals surface area contributed by atoms with Gasteiger partial charge in [-0.2, -0.15) is 0 Å². The largest absolute Gasteiger partial charge is 0.488 e. The van der Waals surface area contributed by atoms with Crippen LogP contribution < -0.4 is 4.74 Å². The van der Waals surface area contributed by atoms with Gasteiger partial charge in [-0.15, -0.1) is 0 Å². The molecule has 0 aromatic heterocycles. The van der Waals surface area contributed by atoms with E-state index < -0.39 is 0 Å². The average molecular weight is 554 g/mol. The summed E-state index contributed by atoms with van der Waals surface area (Å²) in [7, 11) is 1.86. The molecular formula is C24H23BrCl2N2O2S. The van der Waals surface area contributed by atoms with Crippen LogP contribution in [0.15, 0.2) is 46.6 Å². The number of carbonyl (C=O) groups excluding carboxylic acids is 1. The van der Waals surface area contributed by atoms with Crippen molar-refractivity contribution >= 4 is 68.4 Å². The van der Waals surface area contributed by atoms with Crippen LogP contribution in [0.5, 0.6) is 5.75 Å². The van der Waals surface area contributed by atoms with Crippen molar-refractivity contribution < 1.29 is 9.53 Å². The van der Waals surface area contributed by atoms with E-state index in [0.29, 0.717) is 33.2 Å². The molecule has 2 fully saturated rings.